The van der Waals surface area contributed by atoms with Gasteiger partial charge >= 0.3 is 0 Å². The quantitative estimate of drug-likeness (QED) is 0.239. The van der Waals surface area contributed by atoms with Crippen molar-refractivity contribution in [2.75, 3.05) is 0 Å². The van der Waals surface area contributed by atoms with Crippen LogP contribution in [0.5, 0.6) is 0 Å². The second kappa shape index (κ2) is 8.85. The molecule has 6 aromatic rings. The zero-order valence-corrected chi connectivity index (χ0v) is 23.3. The van der Waals surface area contributed by atoms with E-state index >= 15 is 0 Å². The Morgan fingerprint density at radius 1 is 0.946 bits per heavy atom. The van der Waals surface area contributed by atoms with Crippen molar-refractivity contribution in [2.45, 2.75) is 53.4 Å². The molecular weight excluding hydrogens is 470 g/mol. The summed E-state index contributed by atoms with van der Waals surface area (Å²) in [6, 6.07) is 22.1. The van der Waals surface area contributed by atoms with E-state index in [4.69, 9.17) is 9.40 Å². The van der Waals surface area contributed by atoms with Crippen LogP contribution >= 0.6 is 11.3 Å². The van der Waals surface area contributed by atoms with Gasteiger partial charge in [-0.05, 0) is 76.9 Å². The first-order chi connectivity index (χ1) is 17.7. The monoisotopic (exact) mass is 503 g/mol. The third-order valence-electron chi connectivity index (χ3n) is 7.31. The highest BCUT2D eigenvalue weighted by molar-refractivity contribution is 7.17. The predicted octanol–water partition coefficient (Wildman–Crippen LogP) is 10.3. The second-order valence-corrected chi connectivity index (χ2v) is 12.6. The van der Waals surface area contributed by atoms with Crippen LogP contribution in [0.3, 0.4) is 0 Å². The van der Waals surface area contributed by atoms with Crippen molar-refractivity contribution in [3.63, 3.8) is 0 Å². The van der Waals surface area contributed by atoms with Gasteiger partial charge in [0, 0.05) is 38.4 Å². The van der Waals surface area contributed by atoms with Gasteiger partial charge < -0.3 is 4.42 Å². The lowest BCUT2D eigenvalue weighted by Gasteiger charge is -2.22. The number of aromatic nitrogens is 1. The number of nitrogens with zero attached hydrogens (tertiary/aromatic N) is 1. The van der Waals surface area contributed by atoms with Crippen molar-refractivity contribution in [3.05, 3.63) is 88.9 Å². The van der Waals surface area contributed by atoms with E-state index in [0.717, 1.165) is 40.0 Å². The number of thiophene rings is 1. The van der Waals surface area contributed by atoms with E-state index in [2.05, 4.69) is 102 Å². The van der Waals surface area contributed by atoms with Crippen molar-refractivity contribution < 1.29 is 4.42 Å². The number of hydrogen-bond acceptors (Lipinski definition) is 3. The van der Waals surface area contributed by atoms with Gasteiger partial charge in [-0.25, -0.2) is 0 Å². The molecule has 6 rings (SSSR count). The second-order valence-electron chi connectivity index (χ2n) is 11.7. The van der Waals surface area contributed by atoms with Gasteiger partial charge in [-0.3, -0.25) is 4.98 Å². The van der Waals surface area contributed by atoms with Crippen LogP contribution in [0.4, 0.5) is 0 Å². The number of hydrogen-bond donors (Lipinski definition) is 0. The number of aryl methyl sites for hydroxylation is 1. The Kier molecular flexibility index (Phi) is 5.72. The Balaban J connectivity index is 1.57. The van der Waals surface area contributed by atoms with E-state index in [1.54, 1.807) is 11.3 Å². The molecule has 3 heterocycles. The van der Waals surface area contributed by atoms with Gasteiger partial charge in [-0.15, -0.1) is 11.3 Å². The Bertz CT molecular complexity index is 1780. The van der Waals surface area contributed by atoms with E-state index in [0.29, 0.717) is 5.92 Å². The molecule has 0 spiro atoms. The highest BCUT2D eigenvalue weighted by atomic mass is 32.1. The summed E-state index contributed by atoms with van der Waals surface area (Å²) in [4.78, 5) is 4.91. The fourth-order valence-corrected chi connectivity index (χ4v) is 6.51. The van der Waals surface area contributed by atoms with Gasteiger partial charge in [-0.2, -0.15) is 0 Å². The van der Waals surface area contributed by atoms with Gasteiger partial charge in [0.1, 0.15) is 11.3 Å². The fraction of sp³-hybridized carbons (Fsp3) is 0.265. The molecule has 0 aliphatic carbocycles. The van der Waals surface area contributed by atoms with Crippen LogP contribution in [0.1, 0.15) is 51.3 Å². The zero-order chi connectivity index (χ0) is 25.9. The minimum absolute atomic E-state index is 0.0173. The predicted molar refractivity (Wildman–Crippen MR) is 160 cm³/mol. The van der Waals surface area contributed by atoms with Crippen LogP contribution < -0.4 is 0 Å². The van der Waals surface area contributed by atoms with Gasteiger partial charge in [0.15, 0.2) is 0 Å². The average Bonchev–Trinajstić information content (AvgIpc) is 3.42. The molecule has 0 atom stereocenters. The first kappa shape index (κ1) is 23.9. The molecule has 0 saturated heterocycles. The van der Waals surface area contributed by atoms with Crippen LogP contribution in [0.15, 0.2) is 76.7 Å². The Morgan fingerprint density at radius 3 is 2.54 bits per heavy atom. The first-order valence-corrected chi connectivity index (χ1v) is 14.0. The average molecular weight is 504 g/mol. The van der Waals surface area contributed by atoms with Gasteiger partial charge in [-0.1, -0.05) is 65.0 Å². The topological polar surface area (TPSA) is 26.0 Å². The minimum Gasteiger partial charge on any atom is -0.456 e. The molecular formula is C34H33NOS. The highest BCUT2D eigenvalue weighted by Gasteiger charge is 2.23. The molecule has 3 aromatic heterocycles. The van der Waals surface area contributed by atoms with Crippen LogP contribution in [0, 0.1) is 12.8 Å². The van der Waals surface area contributed by atoms with E-state index in [1.807, 2.05) is 12.3 Å². The molecule has 0 saturated carbocycles. The third kappa shape index (κ3) is 4.16. The van der Waals surface area contributed by atoms with Crippen LogP contribution in [0.2, 0.25) is 0 Å². The molecule has 0 N–H and O–H groups in total. The standard InChI is InChI=1S/C34H33NOS/c1-20(2)15-22-11-12-30-26(16-22)27(19-37-30)33-21(3)31-29(36-33)13-14-35-32(31)24-17-23-9-7-8-10-25(23)28(18-24)34(4,5)6/h7-14,16-20H,15H2,1-6H3. The van der Waals surface area contributed by atoms with Crippen molar-refractivity contribution in [1.82, 2.24) is 4.98 Å². The third-order valence-corrected chi connectivity index (χ3v) is 8.27. The molecule has 3 heteroatoms. The summed E-state index contributed by atoms with van der Waals surface area (Å²) in [6.45, 7) is 13.6. The van der Waals surface area contributed by atoms with E-state index in [1.165, 1.54) is 37.5 Å². The van der Waals surface area contributed by atoms with Crippen molar-refractivity contribution in [2.24, 2.45) is 5.92 Å². The highest BCUT2D eigenvalue weighted by Crippen LogP contribution is 2.43. The fourth-order valence-electron chi connectivity index (χ4n) is 5.59. The smallest absolute Gasteiger partial charge is 0.139 e. The van der Waals surface area contributed by atoms with Crippen LogP contribution in [-0.2, 0) is 11.8 Å². The Hall–Kier alpha value is -3.43. The number of pyridine rings is 1. The molecule has 0 radical (unpaired) electrons. The lowest BCUT2D eigenvalue weighted by Crippen LogP contribution is -2.12. The maximum atomic E-state index is 6.59. The lowest BCUT2D eigenvalue weighted by atomic mass is 9.82. The first-order valence-electron chi connectivity index (χ1n) is 13.1. The van der Waals surface area contributed by atoms with Crippen molar-refractivity contribution in [3.8, 4) is 22.6 Å². The number of benzene rings is 3. The molecule has 37 heavy (non-hydrogen) atoms. The maximum absolute atomic E-state index is 6.59. The van der Waals surface area contributed by atoms with Gasteiger partial charge in [0.25, 0.3) is 0 Å². The summed E-state index contributed by atoms with van der Waals surface area (Å²) < 4.78 is 7.88. The molecule has 0 unspecified atom stereocenters. The summed E-state index contributed by atoms with van der Waals surface area (Å²) >= 11 is 1.79. The molecule has 0 bridgehead atoms. The lowest BCUT2D eigenvalue weighted by molar-refractivity contribution is 0.596. The van der Waals surface area contributed by atoms with Crippen LogP contribution in [0.25, 0.3) is 54.4 Å². The molecule has 0 amide bonds. The Labute approximate surface area is 223 Å². The largest absolute Gasteiger partial charge is 0.456 e. The summed E-state index contributed by atoms with van der Waals surface area (Å²) in [5.74, 6) is 1.58. The van der Waals surface area contributed by atoms with E-state index in [9.17, 15) is 0 Å². The maximum Gasteiger partial charge on any atom is 0.139 e. The molecule has 2 nitrogen and oxygen atoms in total. The van der Waals surface area contributed by atoms with Crippen molar-refractivity contribution >= 4 is 43.2 Å². The van der Waals surface area contributed by atoms with Crippen LogP contribution in [-0.4, -0.2) is 4.98 Å². The Morgan fingerprint density at radius 2 is 1.76 bits per heavy atom. The molecule has 3 aromatic carbocycles. The normalized spacial score (nSPS) is 12.4. The molecule has 0 fully saturated rings. The van der Waals surface area contributed by atoms with E-state index < -0.39 is 0 Å². The summed E-state index contributed by atoms with van der Waals surface area (Å²) in [5, 5.41) is 7.17. The molecule has 0 aliphatic heterocycles. The molecule has 186 valence electrons. The number of rotatable bonds is 4. The summed E-state index contributed by atoms with van der Waals surface area (Å²) in [5.41, 5.74) is 8.08. The number of fused-ring (bicyclic) bond motifs is 3. The summed E-state index contributed by atoms with van der Waals surface area (Å²) in [7, 11) is 0. The molecule has 0 aliphatic rings. The SMILES string of the molecule is Cc1c(-c2csc3ccc(CC(C)C)cc23)oc2ccnc(-c3cc(C(C)(C)C)c4ccccc4c3)c12. The van der Waals surface area contributed by atoms with Crippen molar-refractivity contribution in [1.29, 1.82) is 0 Å². The van der Waals surface area contributed by atoms with E-state index in [-0.39, 0.29) is 5.41 Å². The number of furan rings is 1. The van der Waals surface area contributed by atoms with Gasteiger partial charge in [0.2, 0.25) is 0 Å². The van der Waals surface area contributed by atoms with Gasteiger partial charge in [0.05, 0.1) is 11.1 Å². The zero-order valence-electron chi connectivity index (χ0n) is 22.5. The minimum atomic E-state index is 0.0173. The summed E-state index contributed by atoms with van der Waals surface area (Å²) in [6.07, 6.45) is 2.96.